The Kier molecular flexibility index (Phi) is 16.0. The van der Waals surface area contributed by atoms with E-state index in [1.165, 1.54) is 12.8 Å². The Morgan fingerprint density at radius 2 is 1.52 bits per heavy atom. The lowest BCUT2D eigenvalue weighted by Gasteiger charge is -2.08. The highest BCUT2D eigenvalue weighted by atomic mass is 16.5. The van der Waals surface area contributed by atoms with Crippen molar-refractivity contribution in [1.29, 1.82) is 0 Å². The van der Waals surface area contributed by atoms with Crippen LogP contribution in [0.15, 0.2) is 36.5 Å². The fourth-order valence-electron chi connectivity index (χ4n) is 2.11. The molecule has 1 unspecified atom stereocenters. The van der Waals surface area contributed by atoms with Crippen molar-refractivity contribution in [2.24, 2.45) is 0 Å². The molecule has 0 amide bonds. The topological polar surface area (TPSA) is 46.5 Å². The number of hydrogen-bond donors (Lipinski definition) is 1. The first-order valence-electron chi connectivity index (χ1n) is 9.05. The van der Waals surface area contributed by atoms with E-state index < -0.39 is 12.1 Å². The van der Waals surface area contributed by atoms with Crippen LogP contribution in [-0.4, -0.2) is 23.8 Å². The Bertz CT molecular complexity index is 356. The van der Waals surface area contributed by atoms with Crippen LogP contribution in [0.25, 0.3) is 0 Å². The molecule has 3 nitrogen and oxygen atoms in total. The third-order valence-corrected chi connectivity index (χ3v) is 3.49. The minimum absolute atomic E-state index is 0.325. The maximum Gasteiger partial charge on any atom is 0.334 e. The van der Waals surface area contributed by atoms with E-state index >= 15 is 0 Å². The Balaban J connectivity index is 3.45. The number of aliphatic hydroxyl groups excluding tert-OH is 1. The largest absolute Gasteiger partial charge is 0.464 e. The van der Waals surface area contributed by atoms with Gasteiger partial charge in [0.1, 0.15) is 0 Å². The van der Waals surface area contributed by atoms with Crippen molar-refractivity contribution in [1.82, 2.24) is 0 Å². The highest BCUT2D eigenvalue weighted by Gasteiger charge is 2.14. The molecule has 0 saturated heterocycles. The molecule has 0 aromatic heterocycles. The van der Waals surface area contributed by atoms with Crippen LogP contribution in [0.4, 0.5) is 0 Å². The Hall–Kier alpha value is -1.35. The number of rotatable bonds is 14. The zero-order valence-corrected chi connectivity index (χ0v) is 14.9. The molecule has 1 atom stereocenters. The summed E-state index contributed by atoms with van der Waals surface area (Å²) in [5.74, 6) is -0.494. The van der Waals surface area contributed by atoms with E-state index in [2.05, 4.69) is 43.4 Å². The number of unbranched alkanes of at least 4 members (excludes halogenated alkanes) is 6. The zero-order chi connectivity index (χ0) is 17.2. The first kappa shape index (κ1) is 21.6. The van der Waals surface area contributed by atoms with Gasteiger partial charge >= 0.3 is 5.97 Å². The second kappa shape index (κ2) is 17.0. The van der Waals surface area contributed by atoms with Gasteiger partial charge in [-0.05, 0) is 32.6 Å². The van der Waals surface area contributed by atoms with Crippen LogP contribution >= 0.6 is 0 Å². The van der Waals surface area contributed by atoms with E-state index in [9.17, 15) is 9.90 Å². The molecular formula is C20H34O3. The molecule has 0 radical (unpaired) electrons. The standard InChI is InChI=1S/C20H34O3/c1-3-5-6-7-8-9-10-11-12-13-14-15-16-17-18-19(21)20(22)23-4-2/h7-12,19,21H,3-6,13-18H2,1-2H3/b8-7-,10-9+,12-11-. The van der Waals surface area contributed by atoms with Crippen molar-refractivity contribution in [2.75, 3.05) is 6.61 Å². The van der Waals surface area contributed by atoms with Gasteiger partial charge in [0.25, 0.3) is 0 Å². The van der Waals surface area contributed by atoms with Gasteiger partial charge < -0.3 is 9.84 Å². The summed E-state index contributed by atoms with van der Waals surface area (Å²) < 4.78 is 4.76. The highest BCUT2D eigenvalue weighted by molar-refractivity contribution is 5.74. The summed E-state index contributed by atoms with van der Waals surface area (Å²) in [7, 11) is 0. The predicted octanol–water partition coefficient (Wildman–Crippen LogP) is 5.11. The van der Waals surface area contributed by atoms with Crippen molar-refractivity contribution in [3.8, 4) is 0 Å². The Morgan fingerprint density at radius 3 is 2.13 bits per heavy atom. The highest BCUT2D eigenvalue weighted by Crippen LogP contribution is 2.09. The minimum Gasteiger partial charge on any atom is -0.464 e. The predicted molar refractivity (Wildman–Crippen MR) is 97.3 cm³/mol. The van der Waals surface area contributed by atoms with Gasteiger partial charge in [-0.3, -0.25) is 0 Å². The van der Waals surface area contributed by atoms with Gasteiger partial charge in [0.15, 0.2) is 6.10 Å². The number of carbonyl (C=O) groups is 1. The molecule has 0 aromatic carbocycles. The maximum atomic E-state index is 11.2. The smallest absolute Gasteiger partial charge is 0.334 e. The van der Waals surface area contributed by atoms with Gasteiger partial charge in [-0.15, -0.1) is 0 Å². The summed E-state index contributed by atoms with van der Waals surface area (Å²) in [4.78, 5) is 11.2. The van der Waals surface area contributed by atoms with Gasteiger partial charge in [-0.25, -0.2) is 4.79 Å². The number of ether oxygens (including phenoxy) is 1. The summed E-state index contributed by atoms with van der Waals surface area (Å²) in [6.45, 7) is 4.27. The SMILES string of the molecule is CCCC\C=C/C=C/C=C\CCCCCCC(O)C(=O)OCC. The number of hydrogen-bond acceptors (Lipinski definition) is 3. The molecule has 3 heteroatoms. The fourth-order valence-corrected chi connectivity index (χ4v) is 2.11. The van der Waals surface area contributed by atoms with Crippen molar-refractivity contribution >= 4 is 5.97 Å². The van der Waals surface area contributed by atoms with Crippen LogP contribution in [0.3, 0.4) is 0 Å². The average molecular weight is 322 g/mol. The molecule has 0 heterocycles. The number of esters is 1. The van der Waals surface area contributed by atoms with E-state index in [0.29, 0.717) is 13.0 Å². The first-order chi connectivity index (χ1) is 11.2. The van der Waals surface area contributed by atoms with E-state index in [-0.39, 0.29) is 0 Å². The van der Waals surface area contributed by atoms with Gasteiger partial charge in [-0.2, -0.15) is 0 Å². The number of carbonyl (C=O) groups excluding carboxylic acids is 1. The molecule has 0 spiro atoms. The zero-order valence-electron chi connectivity index (χ0n) is 14.9. The Labute approximate surface area is 142 Å². The quantitative estimate of drug-likeness (QED) is 0.275. The molecule has 132 valence electrons. The van der Waals surface area contributed by atoms with E-state index in [4.69, 9.17) is 4.74 Å². The summed E-state index contributed by atoms with van der Waals surface area (Å²) in [6.07, 6.45) is 21.2. The van der Waals surface area contributed by atoms with Crippen LogP contribution in [0.1, 0.15) is 71.6 Å². The molecule has 23 heavy (non-hydrogen) atoms. The summed E-state index contributed by atoms with van der Waals surface area (Å²) in [5.41, 5.74) is 0. The van der Waals surface area contributed by atoms with Crippen LogP contribution in [0, 0.1) is 0 Å². The molecule has 0 aliphatic rings. The molecule has 0 saturated carbocycles. The van der Waals surface area contributed by atoms with Crippen molar-refractivity contribution < 1.29 is 14.6 Å². The normalized spacial score (nSPS) is 13.3. The number of aliphatic hydroxyl groups is 1. The van der Waals surface area contributed by atoms with Gasteiger partial charge in [-0.1, -0.05) is 75.5 Å². The van der Waals surface area contributed by atoms with Crippen molar-refractivity contribution in [3.63, 3.8) is 0 Å². The summed E-state index contributed by atoms with van der Waals surface area (Å²) in [5, 5.41) is 9.54. The van der Waals surface area contributed by atoms with E-state index in [1.54, 1.807) is 6.92 Å². The first-order valence-corrected chi connectivity index (χ1v) is 9.05. The van der Waals surface area contributed by atoms with E-state index in [0.717, 1.165) is 38.5 Å². The molecule has 0 aliphatic carbocycles. The van der Waals surface area contributed by atoms with Crippen molar-refractivity contribution in [3.05, 3.63) is 36.5 Å². The van der Waals surface area contributed by atoms with Crippen molar-refractivity contribution in [2.45, 2.75) is 77.7 Å². The third-order valence-electron chi connectivity index (χ3n) is 3.49. The summed E-state index contributed by atoms with van der Waals surface area (Å²) >= 11 is 0. The Morgan fingerprint density at radius 1 is 0.913 bits per heavy atom. The second-order valence-corrected chi connectivity index (χ2v) is 5.64. The number of allylic oxidation sites excluding steroid dienone is 6. The van der Waals surface area contributed by atoms with Crippen LogP contribution < -0.4 is 0 Å². The monoisotopic (exact) mass is 322 g/mol. The lowest BCUT2D eigenvalue weighted by atomic mass is 10.1. The lowest BCUT2D eigenvalue weighted by Crippen LogP contribution is -2.22. The molecule has 0 rings (SSSR count). The van der Waals surface area contributed by atoms with E-state index in [1.807, 2.05) is 0 Å². The molecule has 0 bridgehead atoms. The molecular weight excluding hydrogens is 288 g/mol. The minimum atomic E-state index is -0.953. The lowest BCUT2D eigenvalue weighted by molar-refractivity contribution is -0.153. The molecule has 0 fully saturated rings. The maximum absolute atomic E-state index is 11.2. The van der Waals surface area contributed by atoms with Crippen LogP contribution in [0.2, 0.25) is 0 Å². The second-order valence-electron chi connectivity index (χ2n) is 5.64. The van der Waals surface area contributed by atoms with Gasteiger partial charge in [0.05, 0.1) is 6.61 Å². The molecule has 0 aliphatic heterocycles. The fraction of sp³-hybridized carbons (Fsp3) is 0.650. The van der Waals surface area contributed by atoms with Gasteiger partial charge in [0, 0.05) is 0 Å². The molecule has 0 aromatic rings. The third kappa shape index (κ3) is 15.3. The van der Waals surface area contributed by atoms with Crippen LogP contribution in [-0.2, 0) is 9.53 Å². The van der Waals surface area contributed by atoms with Crippen LogP contribution in [0.5, 0.6) is 0 Å². The van der Waals surface area contributed by atoms with Gasteiger partial charge in [0.2, 0.25) is 0 Å². The molecule has 1 N–H and O–H groups in total. The average Bonchev–Trinajstić information content (AvgIpc) is 2.55. The summed E-state index contributed by atoms with van der Waals surface area (Å²) in [6, 6.07) is 0.